The van der Waals surface area contributed by atoms with Gasteiger partial charge in [-0.3, -0.25) is 0 Å². The van der Waals surface area contributed by atoms with E-state index in [-0.39, 0.29) is 16.7 Å². The lowest BCUT2D eigenvalue weighted by Crippen LogP contribution is -1.99. The van der Waals surface area contributed by atoms with Crippen LogP contribution in [0.3, 0.4) is 0 Å². The van der Waals surface area contributed by atoms with E-state index in [1.54, 1.807) is 25.1 Å². The summed E-state index contributed by atoms with van der Waals surface area (Å²) in [5, 5.41) is 0. The Hall–Kier alpha value is -0.640. The molecule has 4 heteroatoms. The van der Waals surface area contributed by atoms with E-state index in [1.807, 2.05) is 0 Å². The van der Waals surface area contributed by atoms with Crippen molar-refractivity contribution in [3.05, 3.63) is 29.8 Å². The molecule has 0 unspecified atom stereocenters. The van der Waals surface area contributed by atoms with Gasteiger partial charge in [0, 0.05) is 4.90 Å². The zero-order chi connectivity index (χ0) is 9.19. The van der Waals surface area contributed by atoms with Crippen molar-refractivity contribution in [3.63, 3.8) is 0 Å². The normalized spacial score (nSPS) is 11.7. The van der Waals surface area contributed by atoms with Gasteiger partial charge in [-0.1, -0.05) is 18.2 Å². The van der Waals surface area contributed by atoms with Gasteiger partial charge < -0.3 is 0 Å². The first-order valence-corrected chi connectivity index (χ1v) is 4.12. The second-order valence-corrected chi connectivity index (χ2v) is 3.42. The first kappa shape index (κ1) is 9.45. The molecule has 0 nitrogen and oxygen atoms in total. The van der Waals surface area contributed by atoms with Crippen molar-refractivity contribution in [2.24, 2.45) is 0 Å². The third kappa shape index (κ3) is 2.77. The van der Waals surface area contributed by atoms with Crippen LogP contribution < -0.4 is 0 Å². The largest absolute Gasteiger partial charge is 0.446 e. The summed E-state index contributed by atoms with van der Waals surface area (Å²) in [6.45, 7) is 1.66. The smallest absolute Gasteiger partial charge is 0.160 e. The Morgan fingerprint density at radius 2 is 1.75 bits per heavy atom. The molecular formula is C8H7F3S. The van der Waals surface area contributed by atoms with Gasteiger partial charge in [0.2, 0.25) is 0 Å². The summed E-state index contributed by atoms with van der Waals surface area (Å²) < 4.78 is 35.7. The molecule has 0 aliphatic rings. The third-order valence-corrected chi connectivity index (χ3v) is 2.23. The molecule has 0 radical (unpaired) electrons. The molecule has 0 spiro atoms. The summed E-state index contributed by atoms with van der Waals surface area (Å²) in [7, 11) is 0. The fourth-order valence-corrected chi connectivity index (χ4v) is 1.42. The van der Waals surface area contributed by atoms with Crippen molar-refractivity contribution in [1.29, 1.82) is 0 Å². The minimum atomic E-state index is -4.19. The van der Waals surface area contributed by atoms with Crippen molar-refractivity contribution in [2.75, 3.05) is 0 Å². The van der Waals surface area contributed by atoms with Crippen LogP contribution in [0.2, 0.25) is 0 Å². The second kappa shape index (κ2) is 3.39. The van der Waals surface area contributed by atoms with E-state index in [1.165, 1.54) is 6.07 Å². The summed E-state index contributed by atoms with van der Waals surface area (Å²) >= 11 is -0.0726. The number of benzene rings is 1. The molecule has 1 aromatic carbocycles. The standard InChI is InChI=1S/C8H7F3S/c1-6-4-2-3-5-7(6)12-8(9,10)11/h2-5H,1H3. The minimum absolute atomic E-state index is 0.0726. The minimum Gasteiger partial charge on any atom is -0.160 e. The number of hydrogen-bond donors (Lipinski definition) is 0. The second-order valence-electron chi connectivity index (χ2n) is 2.31. The van der Waals surface area contributed by atoms with Crippen molar-refractivity contribution in [1.82, 2.24) is 0 Å². The molecule has 0 aromatic heterocycles. The van der Waals surface area contributed by atoms with Gasteiger partial charge >= 0.3 is 5.51 Å². The Morgan fingerprint density at radius 1 is 1.17 bits per heavy atom. The van der Waals surface area contributed by atoms with Gasteiger partial charge in [-0.25, -0.2) is 0 Å². The van der Waals surface area contributed by atoms with E-state index in [4.69, 9.17) is 0 Å². The molecule has 1 aromatic rings. The van der Waals surface area contributed by atoms with E-state index in [0.29, 0.717) is 5.56 Å². The van der Waals surface area contributed by atoms with Crippen molar-refractivity contribution < 1.29 is 13.2 Å². The first-order chi connectivity index (χ1) is 5.49. The summed E-state index contributed by atoms with van der Waals surface area (Å²) in [4.78, 5) is 0.269. The molecule has 0 amide bonds. The van der Waals surface area contributed by atoms with Gasteiger partial charge in [0.15, 0.2) is 0 Å². The highest BCUT2D eigenvalue weighted by atomic mass is 32.2. The van der Waals surface area contributed by atoms with Crippen molar-refractivity contribution >= 4 is 11.8 Å². The summed E-state index contributed by atoms with van der Waals surface area (Å²) in [5.41, 5.74) is -3.54. The van der Waals surface area contributed by atoms with Crippen LogP contribution >= 0.6 is 11.8 Å². The van der Waals surface area contributed by atoms with E-state index < -0.39 is 5.51 Å². The zero-order valence-corrected chi connectivity index (χ0v) is 7.17. The molecule has 0 aliphatic carbocycles. The summed E-state index contributed by atoms with van der Waals surface area (Å²) in [5.74, 6) is 0. The fraction of sp³-hybridized carbons (Fsp3) is 0.250. The first-order valence-electron chi connectivity index (χ1n) is 3.30. The van der Waals surface area contributed by atoms with E-state index in [0.717, 1.165) is 0 Å². The molecule has 0 atom stereocenters. The van der Waals surface area contributed by atoms with Crippen LogP contribution in [0, 0.1) is 6.92 Å². The molecule has 0 N–H and O–H groups in total. The molecule has 1 rings (SSSR count). The highest BCUT2D eigenvalue weighted by Crippen LogP contribution is 2.37. The van der Waals surface area contributed by atoms with Gasteiger partial charge in [-0.2, -0.15) is 13.2 Å². The highest BCUT2D eigenvalue weighted by molar-refractivity contribution is 8.00. The Kier molecular flexibility index (Phi) is 2.67. The lowest BCUT2D eigenvalue weighted by Gasteiger charge is -2.07. The molecule has 0 saturated carbocycles. The van der Waals surface area contributed by atoms with Gasteiger partial charge in [0.25, 0.3) is 0 Å². The monoisotopic (exact) mass is 192 g/mol. The molecule has 66 valence electrons. The van der Waals surface area contributed by atoms with Crippen LogP contribution in [0.1, 0.15) is 5.56 Å². The fourth-order valence-electron chi connectivity index (χ4n) is 0.796. The van der Waals surface area contributed by atoms with Crippen LogP contribution in [0.15, 0.2) is 29.2 Å². The third-order valence-electron chi connectivity index (χ3n) is 1.32. The van der Waals surface area contributed by atoms with Crippen molar-refractivity contribution in [2.45, 2.75) is 17.3 Å². The van der Waals surface area contributed by atoms with E-state index in [9.17, 15) is 13.2 Å². The van der Waals surface area contributed by atoms with E-state index in [2.05, 4.69) is 0 Å². The predicted octanol–water partition coefficient (Wildman–Crippen LogP) is 3.61. The van der Waals surface area contributed by atoms with Gasteiger partial charge in [-0.15, -0.1) is 0 Å². The molecule has 0 bridgehead atoms. The lowest BCUT2D eigenvalue weighted by atomic mass is 10.2. The Bertz CT molecular complexity index is 267. The van der Waals surface area contributed by atoms with E-state index >= 15 is 0 Å². The molecule has 12 heavy (non-hydrogen) atoms. The number of halogens is 3. The van der Waals surface area contributed by atoms with Crippen LogP contribution in [0.5, 0.6) is 0 Å². The van der Waals surface area contributed by atoms with Gasteiger partial charge in [-0.05, 0) is 30.3 Å². The molecule has 0 heterocycles. The quantitative estimate of drug-likeness (QED) is 0.612. The number of aryl methyl sites for hydroxylation is 1. The number of alkyl halides is 3. The summed E-state index contributed by atoms with van der Waals surface area (Å²) in [6, 6.07) is 6.44. The molecule has 0 fully saturated rings. The average Bonchev–Trinajstić information content (AvgIpc) is 1.91. The SMILES string of the molecule is Cc1ccccc1SC(F)(F)F. The molecule has 0 saturated heterocycles. The Balaban J connectivity index is 2.83. The van der Waals surface area contributed by atoms with Crippen LogP contribution in [0.25, 0.3) is 0 Å². The number of rotatable bonds is 1. The zero-order valence-electron chi connectivity index (χ0n) is 6.35. The van der Waals surface area contributed by atoms with Crippen LogP contribution in [0.4, 0.5) is 13.2 Å². The van der Waals surface area contributed by atoms with Gasteiger partial charge in [0.1, 0.15) is 0 Å². The lowest BCUT2D eigenvalue weighted by molar-refractivity contribution is -0.0328. The Morgan fingerprint density at radius 3 is 2.25 bits per heavy atom. The Labute approximate surface area is 72.8 Å². The number of thioether (sulfide) groups is 1. The van der Waals surface area contributed by atoms with Crippen LogP contribution in [-0.2, 0) is 0 Å². The predicted molar refractivity (Wildman–Crippen MR) is 43.1 cm³/mol. The number of hydrogen-bond acceptors (Lipinski definition) is 1. The molecule has 0 aliphatic heterocycles. The average molecular weight is 192 g/mol. The topological polar surface area (TPSA) is 0 Å². The van der Waals surface area contributed by atoms with Crippen molar-refractivity contribution in [3.8, 4) is 0 Å². The van der Waals surface area contributed by atoms with Crippen LogP contribution in [-0.4, -0.2) is 5.51 Å². The molecular weight excluding hydrogens is 185 g/mol. The maximum Gasteiger partial charge on any atom is 0.446 e. The van der Waals surface area contributed by atoms with Gasteiger partial charge in [0.05, 0.1) is 0 Å². The summed E-state index contributed by atoms with van der Waals surface area (Å²) in [6.07, 6.45) is 0. The highest BCUT2D eigenvalue weighted by Gasteiger charge is 2.29. The maximum absolute atomic E-state index is 11.9. The maximum atomic E-state index is 11.9.